The number of anilines is 1. The van der Waals surface area contributed by atoms with Gasteiger partial charge in [-0.25, -0.2) is 8.42 Å². The molecule has 3 rings (SSSR count). The van der Waals surface area contributed by atoms with Gasteiger partial charge in [-0.15, -0.1) is 0 Å². The van der Waals surface area contributed by atoms with E-state index >= 15 is 0 Å². The molecule has 3 N–H and O–H groups in total. The van der Waals surface area contributed by atoms with E-state index in [0.717, 1.165) is 0 Å². The van der Waals surface area contributed by atoms with Crippen molar-refractivity contribution < 1.29 is 22.4 Å². The quantitative estimate of drug-likeness (QED) is 0.511. The molecule has 0 radical (unpaired) electrons. The lowest BCUT2D eigenvalue weighted by Crippen LogP contribution is -2.41. The van der Waals surface area contributed by atoms with E-state index in [4.69, 9.17) is 4.42 Å². The lowest BCUT2D eigenvalue weighted by Gasteiger charge is -2.16. The normalized spacial score (nSPS) is 12.2. The van der Waals surface area contributed by atoms with Crippen LogP contribution in [0, 0.1) is 0 Å². The third-order valence-electron chi connectivity index (χ3n) is 4.21. The van der Waals surface area contributed by atoms with Crippen LogP contribution in [0.1, 0.15) is 23.0 Å². The van der Waals surface area contributed by atoms with Gasteiger partial charge in [-0.1, -0.05) is 30.3 Å². The molecule has 0 bridgehead atoms. The van der Waals surface area contributed by atoms with Crippen LogP contribution in [0.25, 0.3) is 0 Å². The number of para-hydroxylation sites is 1. The summed E-state index contributed by atoms with van der Waals surface area (Å²) in [7, 11) is -3.86. The molecule has 156 valence electrons. The maximum absolute atomic E-state index is 12.6. The molecule has 30 heavy (non-hydrogen) atoms. The van der Waals surface area contributed by atoms with Gasteiger partial charge in [-0.05, 0) is 43.3 Å². The first kappa shape index (κ1) is 21.3. The second kappa shape index (κ2) is 9.38. The van der Waals surface area contributed by atoms with Gasteiger partial charge < -0.3 is 15.1 Å². The second-order valence-corrected chi connectivity index (χ2v) is 8.17. The molecule has 0 fully saturated rings. The molecule has 0 aliphatic rings. The Labute approximate surface area is 174 Å². The predicted octanol–water partition coefficient (Wildman–Crippen LogP) is 2.52. The van der Waals surface area contributed by atoms with Crippen LogP contribution >= 0.6 is 0 Å². The van der Waals surface area contributed by atoms with Gasteiger partial charge in [0.2, 0.25) is 15.9 Å². The first-order chi connectivity index (χ1) is 14.4. The summed E-state index contributed by atoms with van der Waals surface area (Å²) in [4.78, 5) is 25.1. The second-order valence-electron chi connectivity index (χ2n) is 6.45. The molecular weight excluding hydrogens is 406 g/mol. The average Bonchev–Trinajstić information content (AvgIpc) is 3.26. The number of furan rings is 1. The zero-order valence-corrected chi connectivity index (χ0v) is 17.0. The minimum atomic E-state index is -3.86. The number of sulfonamides is 1. The first-order valence-electron chi connectivity index (χ1n) is 9.14. The van der Waals surface area contributed by atoms with Crippen LogP contribution < -0.4 is 15.4 Å². The predicted molar refractivity (Wildman–Crippen MR) is 111 cm³/mol. The fourth-order valence-corrected chi connectivity index (χ4v) is 3.88. The van der Waals surface area contributed by atoms with Crippen molar-refractivity contribution in [3.63, 3.8) is 0 Å². The van der Waals surface area contributed by atoms with E-state index in [2.05, 4.69) is 15.4 Å². The first-order valence-corrected chi connectivity index (χ1v) is 10.6. The van der Waals surface area contributed by atoms with Crippen molar-refractivity contribution in [1.82, 2.24) is 10.0 Å². The van der Waals surface area contributed by atoms with Crippen molar-refractivity contribution in [2.24, 2.45) is 0 Å². The van der Waals surface area contributed by atoms with Crippen LogP contribution in [0.4, 0.5) is 5.69 Å². The van der Waals surface area contributed by atoms with Crippen molar-refractivity contribution in [2.75, 3.05) is 5.32 Å². The Bertz CT molecular complexity index is 1110. The summed E-state index contributed by atoms with van der Waals surface area (Å²) in [5, 5.41) is 5.32. The molecule has 0 aliphatic carbocycles. The monoisotopic (exact) mass is 427 g/mol. The number of amides is 2. The summed E-state index contributed by atoms with van der Waals surface area (Å²) in [6, 6.07) is 16.6. The smallest absolute Gasteiger partial charge is 0.253 e. The van der Waals surface area contributed by atoms with Crippen molar-refractivity contribution >= 4 is 27.5 Å². The molecule has 0 aliphatic heterocycles. The van der Waals surface area contributed by atoms with Gasteiger partial charge in [0, 0.05) is 0 Å². The number of nitrogens with one attached hydrogen (secondary N) is 3. The highest BCUT2D eigenvalue weighted by Crippen LogP contribution is 2.16. The van der Waals surface area contributed by atoms with E-state index in [1.54, 1.807) is 54.6 Å². The SMILES string of the molecule is C[C@H](NS(=O)(=O)c1ccccc1)C(=O)Nc1ccccc1C(=O)NCc1ccco1. The lowest BCUT2D eigenvalue weighted by molar-refractivity contribution is -0.117. The lowest BCUT2D eigenvalue weighted by atomic mass is 10.1. The number of rotatable bonds is 8. The maximum atomic E-state index is 12.6. The van der Waals surface area contributed by atoms with Crippen molar-refractivity contribution in [3.8, 4) is 0 Å². The molecule has 2 amide bonds. The summed E-state index contributed by atoms with van der Waals surface area (Å²) in [5.74, 6) is -0.408. The van der Waals surface area contributed by atoms with Crippen molar-refractivity contribution in [3.05, 3.63) is 84.3 Å². The summed E-state index contributed by atoms with van der Waals surface area (Å²) in [6.45, 7) is 1.62. The number of carbonyl (C=O) groups excluding carboxylic acids is 2. The standard InChI is InChI=1S/C21H21N3O5S/c1-15(24-30(27,28)17-9-3-2-4-10-17)20(25)23-19-12-6-5-11-18(19)21(26)22-14-16-8-7-13-29-16/h2-13,15,24H,14H2,1H3,(H,22,26)(H,23,25)/t15-/m0/s1. The van der Waals surface area contributed by atoms with Crippen molar-refractivity contribution in [1.29, 1.82) is 0 Å². The van der Waals surface area contributed by atoms with Crippen LogP contribution in [0.15, 0.2) is 82.3 Å². The number of carbonyl (C=O) groups is 2. The minimum absolute atomic E-state index is 0.0577. The molecule has 3 aromatic rings. The van der Waals surface area contributed by atoms with E-state index in [1.807, 2.05) is 0 Å². The highest BCUT2D eigenvalue weighted by molar-refractivity contribution is 7.89. The fraction of sp³-hybridized carbons (Fsp3) is 0.143. The molecule has 2 aromatic carbocycles. The third kappa shape index (κ3) is 5.34. The van der Waals surface area contributed by atoms with Gasteiger partial charge in [0.1, 0.15) is 5.76 Å². The average molecular weight is 427 g/mol. The van der Waals surface area contributed by atoms with E-state index in [-0.39, 0.29) is 22.7 Å². The Balaban J connectivity index is 1.67. The molecular formula is C21H21N3O5S. The summed E-state index contributed by atoms with van der Waals surface area (Å²) >= 11 is 0. The Morgan fingerprint density at radius 2 is 1.67 bits per heavy atom. The molecule has 1 aromatic heterocycles. The van der Waals surface area contributed by atoms with Gasteiger partial charge in [0.05, 0.1) is 35.0 Å². The summed E-state index contributed by atoms with van der Waals surface area (Å²) in [5.41, 5.74) is 0.515. The molecule has 1 atom stereocenters. The molecule has 0 unspecified atom stereocenters. The number of hydrogen-bond acceptors (Lipinski definition) is 5. The Kier molecular flexibility index (Phi) is 6.65. The van der Waals surface area contributed by atoms with Gasteiger partial charge in [-0.3, -0.25) is 9.59 Å². The van der Waals surface area contributed by atoms with Crippen LogP contribution in [0.5, 0.6) is 0 Å². The van der Waals surface area contributed by atoms with E-state index < -0.39 is 27.9 Å². The topological polar surface area (TPSA) is 118 Å². The molecule has 1 heterocycles. The Hall–Kier alpha value is -3.43. The molecule has 0 saturated heterocycles. The fourth-order valence-electron chi connectivity index (χ4n) is 2.66. The Morgan fingerprint density at radius 3 is 2.37 bits per heavy atom. The van der Waals surface area contributed by atoms with Gasteiger partial charge in [0.25, 0.3) is 5.91 Å². The van der Waals surface area contributed by atoms with Crippen LogP contribution in [0.3, 0.4) is 0 Å². The van der Waals surface area contributed by atoms with Crippen molar-refractivity contribution in [2.45, 2.75) is 24.4 Å². The highest BCUT2D eigenvalue weighted by atomic mass is 32.2. The molecule has 0 saturated carbocycles. The zero-order valence-electron chi connectivity index (χ0n) is 16.2. The highest BCUT2D eigenvalue weighted by Gasteiger charge is 2.23. The van der Waals surface area contributed by atoms with E-state index in [0.29, 0.717) is 5.76 Å². The molecule has 9 heteroatoms. The summed E-state index contributed by atoms with van der Waals surface area (Å²) < 4.78 is 32.3. The van der Waals surface area contributed by atoms with Crippen LogP contribution in [-0.2, 0) is 21.4 Å². The minimum Gasteiger partial charge on any atom is -0.467 e. The van der Waals surface area contributed by atoms with Crippen LogP contribution in [-0.4, -0.2) is 26.3 Å². The zero-order chi connectivity index (χ0) is 21.6. The van der Waals surface area contributed by atoms with E-state index in [9.17, 15) is 18.0 Å². The molecule has 0 spiro atoms. The Morgan fingerprint density at radius 1 is 0.967 bits per heavy atom. The third-order valence-corrected chi connectivity index (χ3v) is 5.77. The van der Waals surface area contributed by atoms with Gasteiger partial charge in [0.15, 0.2) is 0 Å². The number of hydrogen-bond donors (Lipinski definition) is 3. The molecule has 8 nitrogen and oxygen atoms in total. The summed E-state index contributed by atoms with van der Waals surface area (Å²) in [6.07, 6.45) is 1.51. The van der Waals surface area contributed by atoms with Gasteiger partial charge in [-0.2, -0.15) is 4.72 Å². The number of benzene rings is 2. The van der Waals surface area contributed by atoms with Gasteiger partial charge >= 0.3 is 0 Å². The largest absolute Gasteiger partial charge is 0.467 e. The maximum Gasteiger partial charge on any atom is 0.253 e. The van der Waals surface area contributed by atoms with E-state index in [1.165, 1.54) is 25.3 Å². The van der Waals surface area contributed by atoms with Crippen LogP contribution in [0.2, 0.25) is 0 Å².